The summed E-state index contributed by atoms with van der Waals surface area (Å²) in [5.74, 6) is 0.0886. The van der Waals surface area contributed by atoms with Crippen molar-refractivity contribution in [3.05, 3.63) is 46.7 Å². The summed E-state index contributed by atoms with van der Waals surface area (Å²) in [4.78, 5) is 12.3. The van der Waals surface area contributed by atoms with Gasteiger partial charge in [0.05, 0.1) is 11.1 Å². The van der Waals surface area contributed by atoms with Gasteiger partial charge in [-0.25, -0.2) is 0 Å². The third-order valence-corrected chi connectivity index (χ3v) is 4.11. The van der Waals surface area contributed by atoms with Crippen LogP contribution < -0.4 is 11.1 Å². The fourth-order valence-electron chi connectivity index (χ4n) is 2.16. The molecule has 4 heteroatoms. The van der Waals surface area contributed by atoms with Crippen molar-refractivity contribution < 1.29 is 4.79 Å². The first-order valence-electron chi connectivity index (χ1n) is 5.90. The molecular formula is C14H14N2OS. The Hall–Kier alpha value is -1.81. The molecule has 2 aromatic rings. The van der Waals surface area contributed by atoms with E-state index in [0.717, 1.165) is 29.8 Å². The average molecular weight is 258 g/mol. The van der Waals surface area contributed by atoms with Crippen LogP contribution in [0.15, 0.2) is 41.1 Å². The van der Waals surface area contributed by atoms with Gasteiger partial charge in [-0.3, -0.25) is 4.79 Å². The predicted octanol–water partition coefficient (Wildman–Crippen LogP) is 3.00. The van der Waals surface area contributed by atoms with E-state index in [1.165, 1.54) is 0 Å². The van der Waals surface area contributed by atoms with Gasteiger partial charge in [0.2, 0.25) is 5.91 Å². The van der Waals surface area contributed by atoms with Crippen LogP contribution in [0.3, 0.4) is 0 Å². The summed E-state index contributed by atoms with van der Waals surface area (Å²) in [5, 5.41) is 6.88. The van der Waals surface area contributed by atoms with Gasteiger partial charge in [0.15, 0.2) is 0 Å². The van der Waals surface area contributed by atoms with Crippen molar-refractivity contribution in [3.8, 4) is 0 Å². The van der Waals surface area contributed by atoms with Gasteiger partial charge < -0.3 is 11.1 Å². The molecule has 0 bridgehead atoms. The molecule has 0 aliphatic heterocycles. The van der Waals surface area contributed by atoms with E-state index in [1.54, 1.807) is 11.3 Å². The zero-order valence-electron chi connectivity index (χ0n) is 9.85. The highest BCUT2D eigenvalue weighted by molar-refractivity contribution is 7.08. The molecule has 92 valence electrons. The molecule has 0 atom stereocenters. The van der Waals surface area contributed by atoms with Crippen LogP contribution in [0.25, 0.3) is 0 Å². The smallest absolute Gasteiger partial charge is 0.235 e. The van der Waals surface area contributed by atoms with Crippen LogP contribution in [0, 0.1) is 0 Å². The number of benzene rings is 1. The van der Waals surface area contributed by atoms with E-state index in [0.29, 0.717) is 0 Å². The maximum Gasteiger partial charge on any atom is 0.235 e. The number of nitrogen functional groups attached to an aromatic ring is 1. The predicted molar refractivity (Wildman–Crippen MR) is 74.7 cm³/mol. The number of hydrogen-bond acceptors (Lipinski definition) is 3. The number of rotatable bonds is 3. The molecule has 1 saturated carbocycles. The minimum Gasteiger partial charge on any atom is -0.399 e. The highest BCUT2D eigenvalue weighted by atomic mass is 32.1. The molecule has 3 rings (SSSR count). The van der Waals surface area contributed by atoms with Gasteiger partial charge in [-0.15, -0.1) is 0 Å². The number of carbonyl (C=O) groups is 1. The van der Waals surface area contributed by atoms with E-state index >= 15 is 0 Å². The molecule has 1 fully saturated rings. The Morgan fingerprint density at radius 1 is 1.22 bits per heavy atom. The number of nitrogens with two attached hydrogens (primary N) is 1. The van der Waals surface area contributed by atoms with Gasteiger partial charge in [0, 0.05) is 11.1 Å². The number of nitrogens with one attached hydrogen (secondary N) is 1. The lowest BCUT2D eigenvalue weighted by Gasteiger charge is -2.15. The van der Waals surface area contributed by atoms with Crippen molar-refractivity contribution in [2.24, 2.45) is 0 Å². The summed E-state index contributed by atoms with van der Waals surface area (Å²) in [7, 11) is 0. The standard InChI is InChI=1S/C14H14N2OS/c15-11-3-1-10(2-4-11)14(6-7-14)13(17)16-12-5-8-18-9-12/h1-5,8-9H,6-7,15H2,(H,16,17). The van der Waals surface area contributed by atoms with Gasteiger partial charge in [-0.2, -0.15) is 11.3 Å². The first-order chi connectivity index (χ1) is 8.71. The molecule has 1 aromatic heterocycles. The van der Waals surface area contributed by atoms with Gasteiger partial charge in [0.1, 0.15) is 0 Å². The summed E-state index contributed by atoms with van der Waals surface area (Å²) in [6.45, 7) is 0. The van der Waals surface area contributed by atoms with Crippen LogP contribution in [-0.4, -0.2) is 5.91 Å². The van der Waals surface area contributed by atoms with E-state index in [-0.39, 0.29) is 11.3 Å². The number of carbonyl (C=O) groups excluding carboxylic acids is 1. The first kappa shape index (κ1) is 11.3. The monoisotopic (exact) mass is 258 g/mol. The van der Waals surface area contributed by atoms with Crippen molar-refractivity contribution in [1.82, 2.24) is 0 Å². The Kier molecular flexibility index (Phi) is 2.59. The molecule has 0 radical (unpaired) electrons. The van der Waals surface area contributed by atoms with Crippen molar-refractivity contribution in [2.75, 3.05) is 11.1 Å². The summed E-state index contributed by atoms with van der Waals surface area (Å²) in [5.41, 5.74) is 8.01. The number of thiophene rings is 1. The summed E-state index contributed by atoms with van der Waals surface area (Å²) in [6.07, 6.45) is 1.82. The Morgan fingerprint density at radius 3 is 2.50 bits per heavy atom. The number of amides is 1. The number of hydrogen-bond donors (Lipinski definition) is 2. The van der Waals surface area contributed by atoms with Crippen molar-refractivity contribution >= 4 is 28.6 Å². The zero-order valence-corrected chi connectivity index (χ0v) is 10.7. The lowest BCUT2D eigenvalue weighted by molar-refractivity contribution is -0.118. The Labute approximate surface area is 110 Å². The molecular weight excluding hydrogens is 244 g/mol. The Morgan fingerprint density at radius 2 is 1.94 bits per heavy atom. The quantitative estimate of drug-likeness (QED) is 0.831. The second-order valence-corrected chi connectivity index (χ2v) is 5.45. The SMILES string of the molecule is Nc1ccc(C2(C(=O)Nc3ccsc3)CC2)cc1. The maximum atomic E-state index is 12.3. The minimum absolute atomic E-state index is 0.0886. The lowest BCUT2D eigenvalue weighted by atomic mass is 9.94. The van der Waals surface area contributed by atoms with E-state index < -0.39 is 0 Å². The summed E-state index contributed by atoms with van der Waals surface area (Å²) >= 11 is 1.58. The molecule has 0 spiro atoms. The Bertz CT molecular complexity index is 556. The molecule has 18 heavy (non-hydrogen) atoms. The lowest BCUT2D eigenvalue weighted by Crippen LogP contribution is -2.27. The fraction of sp³-hybridized carbons (Fsp3) is 0.214. The van der Waals surface area contributed by atoms with Gasteiger partial charge in [0.25, 0.3) is 0 Å². The third-order valence-electron chi connectivity index (χ3n) is 3.43. The van der Waals surface area contributed by atoms with Gasteiger partial charge >= 0.3 is 0 Å². The second kappa shape index (κ2) is 4.14. The van der Waals surface area contributed by atoms with E-state index in [2.05, 4.69) is 5.32 Å². The van der Waals surface area contributed by atoms with Gasteiger partial charge in [-0.1, -0.05) is 12.1 Å². The van der Waals surface area contributed by atoms with Crippen LogP contribution in [0.4, 0.5) is 11.4 Å². The molecule has 1 aliphatic carbocycles. The van der Waals surface area contributed by atoms with Crippen LogP contribution in [0.5, 0.6) is 0 Å². The van der Waals surface area contributed by atoms with E-state index in [9.17, 15) is 4.79 Å². The first-order valence-corrected chi connectivity index (χ1v) is 6.85. The van der Waals surface area contributed by atoms with Crippen molar-refractivity contribution in [1.29, 1.82) is 0 Å². The average Bonchev–Trinajstić information content (AvgIpc) is 3.03. The molecule has 1 aliphatic rings. The normalized spacial score (nSPS) is 16.2. The molecule has 1 heterocycles. The largest absolute Gasteiger partial charge is 0.399 e. The van der Waals surface area contributed by atoms with Crippen LogP contribution in [0.2, 0.25) is 0 Å². The maximum absolute atomic E-state index is 12.3. The highest BCUT2D eigenvalue weighted by Crippen LogP contribution is 2.49. The highest BCUT2D eigenvalue weighted by Gasteiger charge is 2.51. The third kappa shape index (κ3) is 1.88. The van der Waals surface area contributed by atoms with Crippen LogP contribution in [-0.2, 0) is 10.2 Å². The second-order valence-electron chi connectivity index (χ2n) is 4.67. The van der Waals surface area contributed by atoms with Crippen LogP contribution in [0.1, 0.15) is 18.4 Å². The molecule has 1 amide bonds. The van der Waals surface area contributed by atoms with E-state index in [4.69, 9.17) is 5.73 Å². The summed E-state index contributed by atoms with van der Waals surface area (Å²) in [6, 6.07) is 9.53. The minimum atomic E-state index is -0.338. The van der Waals surface area contributed by atoms with Crippen molar-refractivity contribution in [3.63, 3.8) is 0 Å². The molecule has 3 nitrogen and oxygen atoms in total. The summed E-state index contributed by atoms with van der Waals surface area (Å²) < 4.78 is 0. The van der Waals surface area contributed by atoms with E-state index in [1.807, 2.05) is 41.1 Å². The van der Waals surface area contributed by atoms with Crippen LogP contribution >= 0.6 is 11.3 Å². The van der Waals surface area contributed by atoms with Crippen molar-refractivity contribution in [2.45, 2.75) is 18.3 Å². The molecule has 3 N–H and O–H groups in total. The zero-order chi connectivity index (χ0) is 12.6. The fourth-order valence-corrected chi connectivity index (χ4v) is 2.75. The number of anilines is 2. The molecule has 0 unspecified atom stereocenters. The Balaban J connectivity index is 1.82. The van der Waals surface area contributed by atoms with Gasteiger partial charge in [-0.05, 0) is 42.0 Å². The topological polar surface area (TPSA) is 55.1 Å². The molecule has 1 aromatic carbocycles. The molecule has 0 saturated heterocycles.